The minimum atomic E-state index is 0.673. The van der Waals surface area contributed by atoms with Crippen molar-refractivity contribution in [2.45, 2.75) is 45.2 Å². The molecule has 0 spiro atoms. The van der Waals surface area contributed by atoms with Gasteiger partial charge in [-0.3, -0.25) is 4.68 Å². The minimum Gasteiger partial charge on any atom is -0.310 e. The van der Waals surface area contributed by atoms with Crippen LogP contribution in [-0.4, -0.2) is 40.4 Å². The summed E-state index contributed by atoms with van der Waals surface area (Å²) in [4.78, 5) is 2.60. The second-order valence-electron chi connectivity index (χ2n) is 5.37. The van der Waals surface area contributed by atoms with Gasteiger partial charge in [-0.25, -0.2) is 0 Å². The third-order valence-corrected chi connectivity index (χ3v) is 3.71. The molecule has 0 bridgehead atoms. The number of hydrogen-bond donors (Lipinski definition) is 1. The predicted molar refractivity (Wildman–Crippen MR) is 74.4 cm³/mol. The molecule has 0 aliphatic carbocycles. The maximum absolute atomic E-state index is 4.20. The monoisotopic (exact) mass is 250 g/mol. The summed E-state index contributed by atoms with van der Waals surface area (Å²) < 4.78 is 1.87. The van der Waals surface area contributed by atoms with E-state index in [1.54, 1.807) is 0 Å². The minimum absolute atomic E-state index is 0.673. The highest BCUT2D eigenvalue weighted by Gasteiger charge is 2.15. The van der Waals surface area contributed by atoms with Crippen LogP contribution >= 0.6 is 0 Å². The lowest BCUT2D eigenvalue weighted by atomic mass is 10.1. The van der Waals surface area contributed by atoms with Gasteiger partial charge in [0.05, 0.1) is 6.20 Å². The van der Waals surface area contributed by atoms with Crippen LogP contribution in [-0.2, 0) is 13.6 Å². The van der Waals surface area contributed by atoms with E-state index in [0.717, 1.165) is 6.54 Å². The summed E-state index contributed by atoms with van der Waals surface area (Å²) in [7, 11) is 1.97. The molecule has 0 aromatic carbocycles. The summed E-state index contributed by atoms with van der Waals surface area (Å²) in [5.41, 5.74) is 1.28. The van der Waals surface area contributed by atoms with E-state index in [9.17, 15) is 0 Å². The van der Waals surface area contributed by atoms with Gasteiger partial charge in [0.15, 0.2) is 0 Å². The summed E-state index contributed by atoms with van der Waals surface area (Å²) in [6, 6.07) is 0.673. The molecule has 1 saturated heterocycles. The number of aromatic nitrogens is 2. The first-order valence-electron chi connectivity index (χ1n) is 7.21. The summed E-state index contributed by atoms with van der Waals surface area (Å²) in [6.07, 6.45) is 9.22. The van der Waals surface area contributed by atoms with Crippen LogP contribution < -0.4 is 5.32 Å². The zero-order chi connectivity index (χ0) is 12.8. The van der Waals surface area contributed by atoms with Crippen molar-refractivity contribution in [2.75, 3.05) is 19.6 Å². The van der Waals surface area contributed by atoms with Crippen molar-refractivity contribution in [2.24, 2.45) is 7.05 Å². The Morgan fingerprint density at radius 3 is 3.00 bits per heavy atom. The molecule has 4 nitrogen and oxygen atoms in total. The van der Waals surface area contributed by atoms with Crippen LogP contribution in [0.1, 0.15) is 38.2 Å². The quantitative estimate of drug-likeness (QED) is 0.864. The van der Waals surface area contributed by atoms with Gasteiger partial charge in [-0.15, -0.1) is 0 Å². The summed E-state index contributed by atoms with van der Waals surface area (Å²) in [5.74, 6) is 0. The zero-order valence-corrected chi connectivity index (χ0v) is 11.7. The van der Waals surface area contributed by atoms with E-state index in [1.165, 1.54) is 50.9 Å². The molecule has 102 valence electrons. The van der Waals surface area contributed by atoms with Crippen LogP contribution in [0.5, 0.6) is 0 Å². The molecule has 1 aliphatic heterocycles. The van der Waals surface area contributed by atoms with E-state index in [-0.39, 0.29) is 0 Å². The van der Waals surface area contributed by atoms with Gasteiger partial charge in [0.2, 0.25) is 0 Å². The molecule has 1 aromatic rings. The van der Waals surface area contributed by atoms with Crippen molar-refractivity contribution in [3.05, 3.63) is 18.0 Å². The molecule has 1 fully saturated rings. The zero-order valence-electron chi connectivity index (χ0n) is 11.7. The van der Waals surface area contributed by atoms with Crippen LogP contribution in [0, 0.1) is 0 Å². The second kappa shape index (κ2) is 6.90. The maximum Gasteiger partial charge on any atom is 0.0534 e. The van der Waals surface area contributed by atoms with Gasteiger partial charge >= 0.3 is 0 Å². The Bertz CT molecular complexity index is 347. The molecule has 2 rings (SSSR count). The van der Waals surface area contributed by atoms with Crippen molar-refractivity contribution in [3.8, 4) is 0 Å². The number of nitrogens with zero attached hydrogens (tertiary/aromatic N) is 3. The van der Waals surface area contributed by atoms with E-state index in [2.05, 4.69) is 28.4 Å². The lowest BCUT2D eigenvalue weighted by molar-refractivity contribution is 0.282. The molecule has 0 saturated carbocycles. The Hall–Kier alpha value is -0.870. The molecule has 2 heterocycles. The summed E-state index contributed by atoms with van der Waals surface area (Å²) in [5, 5.41) is 7.88. The number of aryl methyl sites for hydroxylation is 1. The molecular weight excluding hydrogens is 224 g/mol. The predicted octanol–water partition coefficient (Wildman–Crippen LogP) is 1.77. The standard InChI is InChI=1S/C14H26N4/c1-3-7-18-8-4-5-14(6-9-18)15-10-13-11-16-17(2)12-13/h11-12,14-15H,3-10H2,1-2H3. The molecule has 18 heavy (non-hydrogen) atoms. The van der Waals surface area contributed by atoms with E-state index < -0.39 is 0 Å². The number of hydrogen-bond acceptors (Lipinski definition) is 3. The van der Waals surface area contributed by atoms with E-state index in [4.69, 9.17) is 0 Å². The van der Waals surface area contributed by atoms with Crippen LogP contribution in [0.25, 0.3) is 0 Å². The van der Waals surface area contributed by atoms with Crippen molar-refractivity contribution in [1.82, 2.24) is 20.0 Å². The molecule has 1 atom stereocenters. The normalized spacial score (nSPS) is 22.0. The number of nitrogens with one attached hydrogen (secondary N) is 1. The van der Waals surface area contributed by atoms with Crippen molar-refractivity contribution in [1.29, 1.82) is 0 Å². The maximum atomic E-state index is 4.20. The Kier molecular flexibility index (Phi) is 5.20. The first kappa shape index (κ1) is 13.6. The van der Waals surface area contributed by atoms with Gasteiger partial charge in [-0.2, -0.15) is 5.10 Å². The highest BCUT2D eigenvalue weighted by Crippen LogP contribution is 2.12. The molecule has 4 heteroatoms. The Morgan fingerprint density at radius 1 is 1.39 bits per heavy atom. The topological polar surface area (TPSA) is 33.1 Å². The lowest BCUT2D eigenvalue weighted by Gasteiger charge is -2.19. The van der Waals surface area contributed by atoms with E-state index >= 15 is 0 Å². The van der Waals surface area contributed by atoms with Crippen LogP contribution in [0.15, 0.2) is 12.4 Å². The molecule has 0 radical (unpaired) electrons. The SMILES string of the molecule is CCCN1CCCC(NCc2cnn(C)c2)CC1. The smallest absolute Gasteiger partial charge is 0.0534 e. The van der Waals surface area contributed by atoms with Gasteiger partial charge < -0.3 is 10.2 Å². The van der Waals surface area contributed by atoms with Gasteiger partial charge in [0, 0.05) is 31.4 Å². The highest BCUT2D eigenvalue weighted by molar-refractivity contribution is 5.03. The van der Waals surface area contributed by atoms with Gasteiger partial charge in [-0.05, 0) is 45.3 Å². The van der Waals surface area contributed by atoms with Crippen LogP contribution in [0.3, 0.4) is 0 Å². The van der Waals surface area contributed by atoms with Crippen molar-refractivity contribution >= 4 is 0 Å². The molecule has 1 aromatic heterocycles. The molecule has 1 unspecified atom stereocenters. The first-order valence-corrected chi connectivity index (χ1v) is 7.21. The third kappa shape index (κ3) is 4.10. The Labute approximate surface area is 110 Å². The number of rotatable bonds is 5. The fourth-order valence-corrected chi connectivity index (χ4v) is 2.73. The number of likely N-dealkylation sites (tertiary alicyclic amines) is 1. The fourth-order valence-electron chi connectivity index (χ4n) is 2.73. The Balaban J connectivity index is 1.73. The second-order valence-corrected chi connectivity index (χ2v) is 5.37. The van der Waals surface area contributed by atoms with E-state index in [0.29, 0.717) is 6.04 Å². The average Bonchev–Trinajstić information content (AvgIpc) is 2.64. The van der Waals surface area contributed by atoms with Crippen LogP contribution in [0.4, 0.5) is 0 Å². The molecular formula is C14H26N4. The third-order valence-electron chi connectivity index (χ3n) is 3.71. The summed E-state index contributed by atoms with van der Waals surface area (Å²) >= 11 is 0. The van der Waals surface area contributed by atoms with Gasteiger partial charge in [-0.1, -0.05) is 6.92 Å². The van der Waals surface area contributed by atoms with Crippen LogP contribution in [0.2, 0.25) is 0 Å². The molecule has 1 aliphatic rings. The Morgan fingerprint density at radius 2 is 2.28 bits per heavy atom. The van der Waals surface area contributed by atoms with Crippen molar-refractivity contribution in [3.63, 3.8) is 0 Å². The molecule has 1 N–H and O–H groups in total. The van der Waals surface area contributed by atoms with Crippen molar-refractivity contribution < 1.29 is 0 Å². The summed E-state index contributed by atoms with van der Waals surface area (Å²) in [6.45, 7) is 7.00. The molecule has 0 amide bonds. The highest BCUT2D eigenvalue weighted by atomic mass is 15.2. The van der Waals surface area contributed by atoms with E-state index in [1.807, 2.05) is 17.9 Å². The average molecular weight is 250 g/mol. The lowest BCUT2D eigenvalue weighted by Crippen LogP contribution is -2.30. The fraction of sp³-hybridized carbons (Fsp3) is 0.786. The largest absolute Gasteiger partial charge is 0.310 e. The van der Waals surface area contributed by atoms with Gasteiger partial charge in [0.25, 0.3) is 0 Å². The van der Waals surface area contributed by atoms with Gasteiger partial charge in [0.1, 0.15) is 0 Å². The first-order chi connectivity index (χ1) is 8.78.